The Morgan fingerprint density at radius 1 is 1.55 bits per heavy atom. The van der Waals surface area contributed by atoms with Gasteiger partial charge in [0.2, 0.25) is 5.91 Å². The van der Waals surface area contributed by atoms with Crippen LogP contribution in [-0.4, -0.2) is 17.0 Å². The summed E-state index contributed by atoms with van der Waals surface area (Å²) in [6.45, 7) is 4.54. The van der Waals surface area contributed by atoms with Crippen molar-refractivity contribution in [2.45, 2.75) is 6.92 Å². The molecule has 4 nitrogen and oxygen atoms in total. The number of carboxylic acids is 1. The molecule has 0 radical (unpaired) electrons. The number of carboxylic acid groups (broad SMARTS) is 1. The fraction of sp³-hybridized carbons (Fsp3) is 0.143. The Hall–Kier alpha value is -1.58. The molecule has 0 rings (SSSR count). The van der Waals surface area contributed by atoms with Gasteiger partial charge < -0.3 is 10.4 Å². The Bertz CT molecular complexity index is 218. The summed E-state index contributed by atoms with van der Waals surface area (Å²) < 4.78 is 0. The molecule has 1 amide bonds. The Balaban J connectivity index is 4.35. The van der Waals surface area contributed by atoms with Gasteiger partial charge in [0.15, 0.2) is 0 Å². The maximum Gasteiger partial charge on any atom is 0.352 e. The minimum absolute atomic E-state index is 0.174. The van der Waals surface area contributed by atoms with Gasteiger partial charge in [-0.1, -0.05) is 12.7 Å². The van der Waals surface area contributed by atoms with Crippen LogP contribution in [0.1, 0.15) is 6.92 Å². The van der Waals surface area contributed by atoms with Crippen LogP contribution in [0, 0.1) is 0 Å². The summed E-state index contributed by atoms with van der Waals surface area (Å²) in [5, 5.41) is 10.6. The molecular weight excluding hydrogens is 146 g/mol. The number of rotatable bonds is 3. The highest BCUT2D eigenvalue weighted by atomic mass is 16.4. The number of allylic oxidation sites excluding steroid dienone is 2. The van der Waals surface area contributed by atoms with E-state index in [1.165, 1.54) is 19.1 Å². The summed E-state index contributed by atoms with van der Waals surface area (Å²) in [6, 6.07) is 0. The summed E-state index contributed by atoms with van der Waals surface area (Å²) >= 11 is 0. The Labute approximate surface area is 64.2 Å². The molecule has 0 unspecified atom stereocenters. The predicted molar refractivity (Wildman–Crippen MR) is 39.7 cm³/mol. The zero-order valence-electron chi connectivity index (χ0n) is 6.13. The van der Waals surface area contributed by atoms with Crippen molar-refractivity contribution in [3.8, 4) is 0 Å². The lowest BCUT2D eigenvalue weighted by atomic mass is 10.4. The van der Waals surface area contributed by atoms with E-state index in [0.717, 1.165) is 0 Å². The molecule has 0 fully saturated rings. The maximum absolute atomic E-state index is 10.4. The molecule has 11 heavy (non-hydrogen) atoms. The molecule has 2 N–H and O–H groups in total. The van der Waals surface area contributed by atoms with E-state index in [-0.39, 0.29) is 5.70 Å². The number of carbonyl (C=O) groups excluding carboxylic acids is 1. The second-order valence-corrected chi connectivity index (χ2v) is 1.80. The van der Waals surface area contributed by atoms with Gasteiger partial charge >= 0.3 is 5.97 Å². The molecule has 0 saturated heterocycles. The predicted octanol–water partition coefficient (Wildman–Crippen LogP) is 0.277. The van der Waals surface area contributed by atoms with Crippen molar-refractivity contribution in [1.29, 1.82) is 0 Å². The van der Waals surface area contributed by atoms with Crippen molar-refractivity contribution in [3.05, 3.63) is 24.4 Å². The number of nitrogens with one attached hydrogen (secondary N) is 1. The van der Waals surface area contributed by atoms with Gasteiger partial charge in [-0.25, -0.2) is 4.79 Å². The van der Waals surface area contributed by atoms with Crippen molar-refractivity contribution in [2.24, 2.45) is 0 Å². The van der Waals surface area contributed by atoms with Crippen LogP contribution in [0.15, 0.2) is 24.4 Å². The highest BCUT2D eigenvalue weighted by Crippen LogP contribution is 1.88. The number of aliphatic carboxylic acids is 1. The maximum atomic E-state index is 10.4. The molecule has 0 spiro atoms. The molecule has 0 saturated carbocycles. The van der Waals surface area contributed by atoms with Crippen molar-refractivity contribution >= 4 is 11.9 Å². The van der Waals surface area contributed by atoms with Crippen LogP contribution in [0.5, 0.6) is 0 Å². The van der Waals surface area contributed by atoms with Crippen LogP contribution in [-0.2, 0) is 9.59 Å². The first kappa shape index (κ1) is 9.42. The van der Waals surface area contributed by atoms with Crippen molar-refractivity contribution in [3.63, 3.8) is 0 Å². The van der Waals surface area contributed by atoms with Gasteiger partial charge in [-0.05, 0) is 6.08 Å². The van der Waals surface area contributed by atoms with Crippen LogP contribution in [0.25, 0.3) is 0 Å². The summed E-state index contributed by atoms with van der Waals surface area (Å²) in [7, 11) is 0. The number of amides is 1. The normalized spacial score (nSPS) is 10.5. The Morgan fingerprint density at radius 2 is 2.09 bits per heavy atom. The largest absolute Gasteiger partial charge is 0.477 e. The van der Waals surface area contributed by atoms with Crippen LogP contribution in [0.3, 0.4) is 0 Å². The molecular formula is C7H9NO3. The van der Waals surface area contributed by atoms with Gasteiger partial charge in [0.05, 0.1) is 0 Å². The number of hydrogen-bond donors (Lipinski definition) is 2. The first-order valence-corrected chi connectivity index (χ1v) is 2.91. The van der Waals surface area contributed by atoms with E-state index in [0.29, 0.717) is 0 Å². The highest BCUT2D eigenvalue weighted by Gasteiger charge is 2.05. The van der Waals surface area contributed by atoms with E-state index in [2.05, 4.69) is 11.9 Å². The van der Waals surface area contributed by atoms with Crippen LogP contribution >= 0.6 is 0 Å². The second kappa shape index (κ2) is 4.27. The topological polar surface area (TPSA) is 66.4 Å². The first-order chi connectivity index (χ1) is 5.07. The second-order valence-electron chi connectivity index (χ2n) is 1.80. The molecule has 0 aliphatic heterocycles. The monoisotopic (exact) mass is 155 g/mol. The van der Waals surface area contributed by atoms with Gasteiger partial charge in [0.25, 0.3) is 0 Å². The lowest BCUT2D eigenvalue weighted by molar-refractivity contribution is -0.134. The molecule has 0 aliphatic carbocycles. The van der Waals surface area contributed by atoms with E-state index in [4.69, 9.17) is 5.11 Å². The molecule has 0 aromatic rings. The third-order valence-electron chi connectivity index (χ3n) is 0.826. The van der Waals surface area contributed by atoms with Gasteiger partial charge in [-0.15, -0.1) is 0 Å². The van der Waals surface area contributed by atoms with E-state index in [1.54, 1.807) is 0 Å². The lowest BCUT2D eigenvalue weighted by Gasteiger charge is -1.99. The Kier molecular flexibility index (Phi) is 3.66. The van der Waals surface area contributed by atoms with E-state index in [1.807, 2.05) is 0 Å². The molecule has 0 atom stereocenters. The van der Waals surface area contributed by atoms with Gasteiger partial charge in [0.1, 0.15) is 5.70 Å². The minimum atomic E-state index is -1.18. The van der Waals surface area contributed by atoms with Gasteiger partial charge in [0, 0.05) is 6.92 Å². The van der Waals surface area contributed by atoms with Crippen LogP contribution in [0.4, 0.5) is 0 Å². The third-order valence-corrected chi connectivity index (χ3v) is 0.826. The highest BCUT2D eigenvalue weighted by molar-refractivity contribution is 5.92. The van der Waals surface area contributed by atoms with Crippen LogP contribution < -0.4 is 5.32 Å². The van der Waals surface area contributed by atoms with E-state index >= 15 is 0 Å². The average molecular weight is 155 g/mol. The van der Waals surface area contributed by atoms with Gasteiger partial charge in [-0.2, -0.15) is 0 Å². The van der Waals surface area contributed by atoms with Crippen LogP contribution in [0.2, 0.25) is 0 Å². The Morgan fingerprint density at radius 3 is 2.36 bits per heavy atom. The summed E-state index contributed by atoms with van der Waals surface area (Å²) in [5.74, 6) is -1.60. The standard InChI is InChI=1S/C7H9NO3/c1-3-4-6(7(10)11)8-5(2)9/h3-4H,1H2,2H3,(H,8,9)(H,10,11). The third kappa shape index (κ3) is 3.91. The quantitative estimate of drug-likeness (QED) is 0.454. The molecule has 4 heteroatoms. The zero-order valence-corrected chi connectivity index (χ0v) is 6.13. The SMILES string of the molecule is C=CC=C(NC(C)=O)C(=O)O. The molecule has 0 aromatic heterocycles. The fourth-order valence-electron chi connectivity index (χ4n) is 0.474. The lowest BCUT2D eigenvalue weighted by Crippen LogP contribution is -2.24. The average Bonchev–Trinajstić information content (AvgIpc) is 1.86. The molecule has 0 heterocycles. The molecule has 0 aliphatic rings. The van der Waals surface area contributed by atoms with Crippen molar-refractivity contribution in [2.75, 3.05) is 0 Å². The fourth-order valence-corrected chi connectivity index (χ4v) is 0.474. The van der Waals surface area contributed by atoms with Crippen molar-refractivity contribution in [1.82, 2.24) is 5.32 Å². The smallest absolute Gasteiger partial charge is 0.352 e. The molecule has 0 bridgehead atoms. The van der Waals surface area contributed by atoms with E-state index < -0.39 is 11.9 Å². The first-order valence-electron chi connectivity index (χ1n) is 2.91. The summed E-state index contributed by atoms with van der Waals surface area (Å²) in [5.41, 5.74) is -0.174. The number of carbonyl (C=O) groups is 2. The minimum Gasteiger partial charge on any atom is -0.477 e. The molecule has 0 aromatic carbocycles. The van der Waals surface area contributed by atoms with Crippen molar-refractivity contribution < 1.29 is 14.7 Å². The van der Waals surface area contributed by atoms with Gasteiger partial charge in [-0.3, -0.25) is 4.79 Å². The summed E-state index contributed by atoms with van der Waals surface area (Å²) in [4.78, 5) is 20.7. The van der Waals surface area contributed by atoms with E-state index in [9.17, 15) is 9.59 Å². The number of hydrogen-bond acceptors (Lipinski definition) is 2. The molecule has 60 valence electrons. The zero-order chi connectivity index (χ0) is 8.85. The summed E-state index contributed by atoms with van der Waals surface area (Å²) in [6.07, 6.45) is 2.50.